The maximum Gasteiger partial charge on any atom is 0.347 e. The summed E-state index contributed by atoms with van der Waals surface area (Å²) in [5, 5.41) is 14.3. The number of hydrogen-bond donors (Lipinski definition) is 2. The number of aryl methyl sites for hydroxylation is 1. The lowest BCUT2D eigenvalue weighted by atomic mass is 10.2. The van der Waals surface area contributed by atoms with Crippen molar-refractivity contribution in [3.05, 3.63) is 38.2 Å². The van der Waals surface area contributed by atoms with Crippen LogP contribution in [0.4, 0.5) is 0 Å². The Hall–Kier alpha value is -1.22. The Bertz CT molecular complexity index is 716. The molecule has 20 heavy (non-hydrogen) atoms. The van der Waals surface area contributed by atoms with Crippen molar-refractivity contribution in [3.63, 3.8) is 0 Å². The lowest BCUT2D eigenvalue weighted by Crippen LogP contribution is -2.28. The van der Waals surface area contributed by atoms with Gasteiger partial charge in [0.1, 0.15) is 9.77 Å². The van der Waals surface area contributed by atoms with Crippen molar-refractivity contribution in [2.45, 2.75) is 24.8 Å². The summed E-state index contributed by atoms with van der Waals surface area (Å²) in [5.74, 6) is -1.23. The van der Waals surface area contributed by atoms with Crippen molar-refractivity contribution in [2.75, 3.05) is 0 Å². The lowest BCUT2D eigenvalue weighted by molar-refractivity contribution is 0.0698. The van der Waals surface area contributed by atoms with E-state index in [0.717, 1.165) is 16.9 Å². The largest absolute Gasteiger partial charge is 0.477 e. The predicted octanol–water partition coefficient (Wildman–Crippen LogP) is 2.86. The smallest absolute Gasteiger partial charge is 0.347 e. The number of carbonyl (C=O) groups is 1. The van der Waals surface area contributed by atoms with Crippen LogP contribution in [-0.2, 0) is 10.0 Å². The average Bonchev–Trinajstić information content (AvgIpc) is 2.96. The van der Waals surface area contributed by atoms with Crippen LogP contribution in [0.5, 0.6) is 0 Å². The highest BCUT2D eigenvalue weighted by Crippen LogP contribution is 2.28. The Balaban J connectivity index is 2.36. The van der Waals surface area contributed by atoms with Crippen molar-refractivity contribution >= 4 is 38.7 Å². The highest BCUT2D eigenvalue weighted by atomic mass is 32.2. The van der Waals surface area contributed by atoms with E-state index in [9.17, 15) is 13.2 Å². The second-order valence-electron chi connectivity index (χ2n) is 4.28. The van der Waals surface area contributed by atoms with Crippen LogP contribution in [0.1, 0.15) is 33.8 Å². The van der Waals surface area contributed by atoms with Gasteiger partial charge in [0.25, 0.3) is 0 Å². The molecular weight excluding hydrogens is 318 g/mol. The molecule has 2 aromatic heterocycles. The Kier molecular flexibility index (Phi) is 4.28. The van der Waals surface area contributed by atoms with E-state index in [4.69, 9.17) is 5.11 Å². The van der Waals surface area contributed by atoms with Crippen molar-refractivity contribution < 1.29 is 18.3 Å². The predicted molar refractivity (Wildman–Crippen MR) is 79.1 cm³/mol. The van der Waals surface area contributed by atoms with E-state index in [1.807, 2.05) is 16.8 Å². The Morgan fingerprint density at radius 1 is 1.40 bits per heavy atom. The van der Waals surface area contributed by atoms with Gasteiger partial charge in [0.15, 0.2) is 0 Å². The molecule has 2 rings (SSSR count). The van der Waals surface area contributed by atoms with E-state index in [0.29, 0.717) is 5.56 Å². The van der Waals surface area contributed by atoms with E-state index in [1.165, 1.54) is 16.7 Å². The maximum atomic E-state index is 12.4. The molecule has 0 aromatic carbocycles. The zero-order chi connectivity index (χ0) is 14.9. The molecule has 0 amide bonds. The minimum atomic E-state index is -3.86. The molecule has 0 fully saturated rings. The fourth-order valence-electron chi connectivity index (χ4n) is 1.80. The summed E-state index contributed by atoms with van der Waals surface area (Å²) >= 11 is 2.39. The van der Waals surface area contributed by atoms with Gasteiger partial charge in [-0.1, -0.05) is 0 Å². The molecule has 0 aliphatic carbocycles. The molecule has 0 radical (unpaired) electrons. The molecule has 0 saturated carbocycles. The second kappa shape index (κ2) is 5.65. The number of carboxylic acids is 1. The molecule has 0 saturated heterocycles. The van der Waals surface area contributed by atoms with E-state index in [1.54, 1.807) is 13.8 Å². The monoisotopic (exact) mass is 331 g/mol. The van der Waals surface area contributed by atoms with Gasteiger partial charge in [0.2, 0.25) is 10.0 Å². The van der Waals surface area contributed by atoms with Crippen LogP contribution in [0.2, 0.25) is 0 Å². The van der Waals surface area contributed by atoms with Gasteiger partial charge in [-0.2, -0.15) is 11.3 Å². The third kappa shape index (κ3) is 2.93. The van der Waals surface area contributed by atoms with Gasteiger partial charge < -0.3 is 5.11 Å². The summed E-state index contributed by atoms with van der Waals surface area (Å²) < 4.78 is 27.3. The second-order valence-corrected chi connectivity index (χ2v) is 7.59. The summed E-state index contributed by atoms with van der Waals surface area (Å²) in [6.07, 6.45) is 0. The first-order valence-electron chi connectivity index (χ1n) is 5.68. The van der Waals surface area contributed by atoms with Gasteiger partial charge in [-0.15, -0.1) is 11.3 Å². The summed E-state index contributed by atoms with van der Waals surface area (Å²) in [6, 6.07) is 1.42. The number of aromatic carboxylic acids is 1. The van der Waals surface area contributed by atoms with Gasteiger partial charge in [-0.3, -0.25) is 0 Å². The van der Waals surface area contributed by atoms with Gasteiger partial charge in [0.05, 0.1) is 0 Å². The van der Waals surface area contributed by atoms with Crippen molar-refractivity contribution in [1.29, 1.82) is 0 Å². The number of hydrogen-bond acceptors (Lipinski definition) is 5. The molecule has 0 aliphatic rings. The number of thiophene rings is 2. The Labute approximate surface area is 124 Å². The summed E-state index contributed by atoms with van der Waals surface area (Å²) in [6.45, 7) is 3.31. The molecule has 8 heteroatoms. The molecule has 2 aromatic rings. The SMILES string of the molecule is Cc1csc(C(=O)O)c1S(=O)(=O)NC(C)c1ccsc1. The first-order chi connectivity index (χ1) is 9.33. The topological polar surface area (TPSA) is 83.5 Å². The highest BCUT2D eigenvalue weighted by Gasteiger charge is 2.28. The van der Waals surface area contributed by atoms with Crippen LogP contribution in [0.15, 0.2) is 27.1 Å². The van der Waals surface area contributed by atoms with Crippen LogP contribution in [0, 0.1) is 6.92 Å². The summed E-state index contributed by atoms with van der Waals surface area (Å²) in [5.41, 5.74) is 1.29. The van der Waals surface area contributed by atoms with Crippen LogP contribution in [-0.4, -0.2) is 19.5 Å². The molecule has 2 heterocycles. The van der Waals surface area contributed by atoms with E-state index in [-0.39, 0.29) is 9.77 Å². The number of nitrogens with one attached hydrogen (secondary N) is 1. The molecule has 5 nitrogen and oxygen atoms in total. The van der Waals surface area contributed by atoms with Gasteiger partial charge in [-0.05, 0) is 47.2 Å². The standard InChI is InChI=1S/C12H13NO4S3/c1-7-5-19-10(12(14)15)11(7)20(16,17)13-8(2)9-3-4-18-6-9/h3-6,8,13H,1-2H3,(H,14,15). The highest BCUT2D eigenvalue weighted by molar-refractivity contribution is 7.89. The van der Waals surface area contributed by atoms with Crippen molar-refractivity contribution in [2.24, 2.45) is 0 Å². The van der Waals surface area contributed by atoms with E-state index >= 15 is 0 Å². The van der Waals surface area contributed by atoms with Crippen LogP contribution in [0.25, 0.3) is 0 Å². The zero-order valence-corrected chi connectivity index (χ0v) is 13.2. The molecule has 0 bridgehead atoms. The first kappa shape index (κ1) is 15.2. The molecule has 2 N–H and O–H groups in total. The third-order valence-electron chi connectivity index (χ3n) is 2.76. The molecule has 1 atom stereocenters. The molecule has 0 spiro atoms. The fourth-order valence-corrected chi connectivity index (χ4v) is 5.41. The van der Waals surface area contributed by atoms with Crippen molar-refractivity contribution in [1.82, 2.24) is 4.72 Å². The molecule has 0 aliphatic heterocycles. The van der Waals surface area contributed by atoms with Crippen LogP contribution >= 0.6 is 22.7 Å². The Morgan fingerprint density at radius 3 is 2.65 bits per heavy atom. The lowest BCUT2D eigenvalue weighted by Gasteiger charge is -2.13. The first-order valence-corrected chi connectivity index (χ1v) is 8.99. The van der Waals surface area contributed by atoms with Crippen molar-refractivity contribution in [3.8, 4) is 0 Å². The average molecular weight is 331 g/mol. The van der Waals surface area contributed by atoms with E-state index < -0.39 is 22.0 Å². The maximum absolute atomic E-state index is 12.4. The molecule has 108 valence electrons. The zero-order valence-electron chi connectivity index (χ0n) is 10.8. The minimum absolute atomic E-state index is 0.142. The molecule has 1 unspecified atom stereocenters. The van der Waals surface area contributed by atoms with Crippen LogP contribution in [0.3, 0.4) is 0 Å². The number of rotatable bonds is 5. The summed E-state index contributed by atoms with van der Waals surface area (Å²) in [7, 11) is -3.86. The van der Waals surface area contributed by atoms with E-state index in [2.05, 4.69) is 4.72 Å². The van der Waals surface area contributed by atoms with Gasteiger partial charge >= 0.3 is 5.97 Å². The normalized spacial score (nSPS) is 13.3. The quantitative estimate of drug-likeness (QED) is 0.882. The van der Waals surface area contributed by atoms with Gasteiger partial charge in [0, 0.05) is 6.04 Å². The fraction of sp³-hybridized carbons (Fsp3) is 0.250. The Morgan fingerprint density at radius 2 is 2.10 bits per heavy atom. The number of sulfonamides is 1. The number of carboxylic acid groups (broad SMARTS) is 1. The van der Waals surface area contributed by atoms with Gasteiger partial charge in [-0.25, -0.2) is 17.9 Å². The minimum Gasteiger partial charge on any atom is -0.477 e. The third-order valence-corrected chi connectivity index (χ3v) is 6.40. The summed E-state index contributed by atoms with van der Waals surface area (Å²) in [4.78, 5) is 10.8. The van der Waals surface area contributed by atoms with Crippen LogP contribution < -0.4 is 4.72 Å². The molecular formula is C12H13NO4S3.